The molecule has 0 spiro atoms. The standard InChI is InChI=1S/C12H25NO/c1-11(2,3)12(4,5)13-9-7-6-8-10(9)14/h9-10,13-14H,6-8H2,1-5H3. The van der Waals surface area contributed by atoms with E-state index >= 15 is 0 Å². The third-order valence-corrected chi connectivity index (χ3v) is 3.90. The van der Waals surface area contributed by atoms with Crippen molar-refractivity contribution >= 4 is 0 Å². The Morgan fingerprint density at radius 3 is 2.00 bits per heavy atom. The lowest BCUT2D eigenvalue weighted by molar-refractivity contribution is 0.0951. The largest absolute Gasteiger partial charge is 0.392 e. The minimum absolute atomic E-state index is 0.0724. The second kappa shape index (κ2) is 3.82. The van der Waals surface area contributed by atoms with Gasteiger partial charge in [0.2, 0.25) is 0 Å². The van der Waals surface area contributed by atoms with Gasteiger partial charge in [-0.05, 0) is 38.5 Å². The van der Waals surface area contributed by atoms with Gasteiger partial charge in [0.1, 0.15) is 0 Å². The van der Waals surface area contributed by atoms with Crippen molar-refractivity contribution in [3.63, 3.8) is 0 Å². The Morgan fingerprint density at radius 2 is 1.64 bits per heavy atom. The van der Waals surface area contributed by atoms with Crippen molar-refractivity contribution < 1.29 is 5.11 Å². The Bertz CT molecular complexity index is 193. The molecule has 0 radical (unpaired) electrons. The van der Waals surface area contributed by atoms with Gasteiger partial charge in [0.25, 0.3) is 0 Å². The molecule has 1 rings (SSSR count). The molecule has 14 heavy (non-hydrogen) atoms. The molecule has 0 saturated heterocycles. The lowest BCUT2D eigenvalue weighted by atomic mass is 9.76. The normalized spacial score (nSPS) is 29.6. The molecule has 84 valence electrons. The van der Waals surface area contributed by atoms with E-state index < -0.39 is 0 Å². The fourth-order valence-corrected chi connectivity index (χ4v) is 1.79. The van der Waals surface area contributed by atoms with E-state index in [4.69, 9.17) is 0 Å². The third kappa shape index (κ3) is 2.48. The van der Waals surface area contributed by atoms with Crippen LogP contribution in [-0.4, -0.2) is 22.8 Å². The van der Waals surface area contributed by atoms with Crippen LogP contribution in [0.4, 0.5) is 0 Å². The van der Waals surface area contributed by atoms with Crippen LogP contribution in [0.5, 0.6) is 0 Å². The predicted octanol–water partition coefficient (Wildman–Crippen LogP) is 2.31. The number of hydrogen-bond donors (Lipinski definition) is 2. The van der Waals surface area contributed by atoms with E-state index in [1.54, 1.807) is 0 Å². The molecule has 1 aliphatic rings. The van der Waals surface area contributed by atoms with Crippen LogP contribution in [0.2, 0.25) is 0 Å². The fraction of sp³-hybridized carbons (Fsp3) is 1.00. The van der Waals surface area contributed by atoms with Crippen LogP contribution < -0.4 is 5.32 Å². The third-order valence-electron chi connectivity index (χ3n) is 3.90. The maximum absolute atomic E-state index is 9.76. The van der Waals surface area contributed by atoms with Gasteiger partial charge in [0.15, 0.2) is 0 Å². The average molecular weight is 199 g/mol. The van der Waals surface area contributed by atoms with Crippen molar-refractivity contribution in [2.75, 3.05) is 0 Å². The first-order chi connectivity index (χ1) is 6.24. The molecule has 0 aliphatic heterocycles. The summed E-state index contributed by atoms with van der Waals surface area (Å²) in [5.74, 6) is 0. The molecule has 1 fully saturated rings. The van der Waals surface area contributed by atoms with Gasteiger partial charge in [-0.2, -0.15) is 0 Å². The summed E-state index contributed by atoms with van der Waals surface area (Å²) in [7, 11) is 0. The van der Waals surface area contributed by atoms with Gasteiger partial charge >= 0.3 is 0 Å². The molecule has 2 unspecified atom stereocenters. The quantitative estimate of drug-likeness (QED) is 0.715. The molecule has 2 nitrogen and oxygen atoms in total. The topological polar surface area (TPSA) is 32.3 Å². The van der Waals surface area contributed by atoms with Crippen molar-refractivity contribution in [1.29, 1.82) is 0 Å². The molecule has 0 bridgehead atoms. The Morgan fingerprint density at radius 1 is 1.07 bits per heavy atom. The van der Waals surface area contributed by atoms with Crippen molar-refractivity contribution in [1.82, 2.24) is 5.32 Å². The first-order valence-electron chi connectivity index (χ1n) is 5.70. The first-order valence-corrected chi connectivity index (χ1v) is 5.70. The first kappa shape index (κ1) is 12.0. The van der Waals surface area contributed by atoms with E-state index in [9.17, 15) is 5.11 Å². The lowest BCUT2D eigenvalue weighted by Crippen LogP contribution is -2.55. The number of hydrogen-bond acceptors (Lipinski definition) is 2. The van der Waals surface area contributed by atoms with Gasteiger partial charge < -0.3 is 10.4 Å². The average Bonchev–Trinajstić information content (AvgIpc) is 2.33. The van der Waals surface area contributed by atoms with E-state index in [0.717, 1.165) is 19.3 Å². The molecule has 1 saturated carbocycles. The maximum Gasteiger partial charge on any atom is 0.0693 e. The van der Waals surface area contributed by atoms with Gasteiger partial charge in [-0.15, -0.1) is 0 Å². The summed E-state index contributed by atoms with van der Waals surface area (Å²) < 4.78 is 0. The van der Waals surface area contributed by atoms with Crippen LogP contribution in [0.25, 0.3) is 0 Å². The van der Waals surface area contributed by atoms with Crippen LogP contribution in [-0.2, 0) is 0 Å². The Kier molecular flexibility index (Phi) is 3.27. The van der Waals surface area contributed by atoms with E-state index in [1.165, 1.54) is 0 Å². The zero-order valence-electron chi connectivity index (χ0n) is 10.2. The molecule has 2 heteroatoms. The van der Waals surface area contributed by atoms with Crippen molar-refractivity contribution in [2.24, 2.45) is 5.41 Å². The minimum Gasteiger partial charge on any atom is -0.392 e. The smallest absolute Gasteiger partial charge is 0.0693 e. The Labute approximate surface area is 88.1 Å². The van der Waals surface area contributed by atoms with Gasteiger partial charge in [-0.25, -0.2) is 0 Å². The highest BCUT2D eigenvalue weighted by Crippen LogP contribution is 2.32. The van der Waals surface area contributed by atoms with E-state index in [0.29, 0.717) is 6.04 Å². The second-order valence-corrected chi connectivity index (χ2v) is 6.12. The minimum atomic E-state index is -0.142. The SMILES string of the molecule is CC(C)(C)C(C)(C)NC1CCCC1O. The van der Waals surface area contributed by atoms with E-state index in [2.05, 4.69) is 39.9 Å². The molecular weight excluding hydrogens is 174 g/mol. The molecule has 2 atom stereocenters. The van der Waals surface area contributed by atoms with Crippen molar-refractivity contribution in [2.45, 2.75) is 71.6 Å². The van der Waals surface area contributed by atoms with Crippen LogP contribution >= 0.6 is 0 Å². The molecule has 0 aromatic rings. The van der Waals surface area contributed by atoms with Crippen molar-refractivity contribution in [3.05, 3.63) is 0 Å². The zero-order valence-corrected chi connectivity index (χ0v) is 10.2. The highest BCUT2D eigenvalue weighted by molar-refractivity contribution is 4.95. The van der Waals surface area contributed by atoms with Crippen molar-refractivity contribution in [3.8, 4) is 0 Å². The summed E-state index contributed by atoms with van der Waals surface area (Å²) in [6.45, 7) is 11.2. The Balaban J connectivity index is 2.58. The monoisotopic (exact) mass is 199 g/mol. The summed E-state index contributed by atoms with van der Waals surface area (Å²) in [5, 5.41) is 13.4. The van der Waals surface area contributed by atoms with Crippen LogP contribution in [0.3, 0.4) is 0 Å². The maximum atomic E-state index is 9.76. The molecule has 2 N–H and O–H groups in total. The second-order valence-electron chi connectivity index (χ2n) is 6.12. The fourth-order valence-electron chi connectivity index (χ4n) is 1.79. The molecular formula is C12H25NO. The lowest BCUT2D eigenvalue weighted by Gasteiger charge is -2.42. The molecule has 0 aromatic heterocycles. The van der Waals surface area contributed by atoms with Gasteiger partial charge in [0, 0.05) is 11.6 Å². The number of aliphatic hydroxyl groups is 1. The van der Waals surface area contributed by atoms with Crippen LogP contribution in [0, 0.1) is 5.41 Å². The number of rotatable bonds is 2. The van der Waals surface area contributed by atoms with Gasteiger partial charge in [-0.3, -0.25) is 0 Å². The van der Waals surface area contributed by atoms with Gasteiger partial charge in [-0.1, -0.05) is 20.8 Å². The Hall–Kier alpha value is -0.0800. The molecule has 0 heterocycles. The molecule has 0 aromatic carbocycles. The zero-order chi connectivity index (χ0) is 11.0. The van der Waals surface area contributed by atoms with Gasteiger partial charge in [0.05, 0.1) is 6.10 Å². The highest BCUT2D eigenvalue weighted by atomic mass is 16.3. The summed E-state index contributed by atoms with van der Waals surface area (Å²) >= 11 is 0. The summed E-state index contributed by atoms with van der Waals surface area (Å²) in [4.78, 5) is 0. The van der Waals surface area contributed by atoms with E-state index in [-0.39, 0.29) is 17.1 Å². The summed E-state index contributed by atoms with van der Waals surface area (Å²) in [6, 6.07) is 0.296. The van der Waals surface area contributed by atoms with Crippen LogP contribution in [0.1, 0.15) is 53.9 Å². The van der Waals surface area contributed by atoms with Crippen LogP contribution in [0.15, 0.2) is 0 Å². The molecule has 0 amide bonds. The summed E-state index contributed by atoms with van der Waals surface area (Å²) in [6.07, 6.45) is 3.08. The highest BCUT2D eigenvalue weighted by Gasteiger charge is 2.37. The number of aliphatic hydroxyl groups excluding tert-OH is 1. The van der Waals surface area contributed by atoms with E-state index in [1.807, 2.05) is 0 Å². The predicted molar refractivity (Wildman–Crippen MR) is 60.3 cm³/mol. The summed E-state index contributed by atoms with van der Waals surface area (Å²) in [5.41, 5.74) is 0.290. The molecule has 1 aliphatic carbocycles. The number of nitrogens with one attached hydrogen (secondary N) is 1.